The quantitative estimate of drug-likeness (QED) is 0.512. The normalized spacial score (nSPS) is 30.1. The number of hydrogen-bond acceptors (Lipinski definition) is 3. The number of hydrogen-bond donors (Lipinski definition) is 1. The fraction of sp³-hybridized carbons (Fsp3) is 0.433. The number of benzene rings is 2. The number of fused-ring (bicyclic) bond motifs is 4. The zero-order valence-corrected chi connectivity index (χ0v) is 19.8. The molecule has 4 aliphatic rings. The number of carbonyl (C=O) groups is 1. The Bertz CT molecular complexity index is 1300. The van der Waals surface area contributed by atoms with E-state index in [1.165, 1.54) is 43.2 Å². The SMILES string of the molecule is CC1CC2CC3(Cc4nc5c(nc4NC(=O)c4ccccc4)CCc4ccccc4-5)CC3(C1)C2. The lowest BCUT2D eigenvalue weighted by Crippen LogP contribution is -2.21. The summed E-state index contributed by atoms with van der Waals surface area (Å²) in [6.45, 7) is 2.43. The van der Waals surface area contributed by atoms with Crippen molar-refractivity contribution in [3.05, 3.63) is 77.1 Å². The maximum absolute atomic E-state index is 13.1. The monoisotopic (exact) mass is 449 g/mol. The molecule has 7 rings (SSSR count). The molecule has 0 aliphatic heterocycles. The molecule has 4 atom stereocenters. The molecule has 4 unspecified atom stereocenters. The Hall–Kier alpha value is -3.01. The van der Waals surface area contributed by atoms with Crippen LogP contribution in [0.5, 0.6) is 0 Å². The van der Waals surface area contributed by atoms with Gasteiger partial charge in [-0.25, -0.2) is 9.97 Å². The van der Waals surface area contributed by atoms with Crippen LogP contribution in [0.2, 0.25) is 0 Å². The first-order valence-electron chi connectivity index (χ1n) is 12.9. The smallest absolute Gasteiger partial charge is 0.256 e. The molecule has 1 spiro atoms. The van der Waals surface area contributed by atoms with Crippen molar-refractivity contribution in [2.45, 2.75) is 58.3 Å². The number of amides is 1. The van der Waals surface area contributed by atoms with Crippen LogP contribution in [0, 0.1) is 22.7 Å². The van der Waals surface area contributed by atoms with Gasteiger partial charge in [0.25, 0.3) is 5.91 Å². The minimum atomic E-state index is -0.103. The lowest BCUT2D eigenvalue weighted by atomic mass is 9.77. The zero-order valence-electron chi connectivity index (χ0n) is 19.8. The van der Waals surface area contributed by atoms with Gasteiger partial charge in [-0.05, 0) is 91.7 Å². The molecule has 172 valence electrons. The van der Waals surface area contributed by atoms with E-state index < -0.39 is 0 Å². The van der Waals surface area contributed by atoms with Crippen molar-refractivity contribution in [1.29, 1.82) is 0 Å². The van der Waals surface area contributed by atoms with E-state index in [-0.39, 0.29) is 5.91 Å². The van der Waals surface area contributed by atoms with Crippen molar-refractivity contribution in [2.75, 3.05) is 5.32 Å². The molecule has 2 bridgehead atoms. The molecular formula is C30H31N3O. The van der Waals surface area contributed by atoms with Gasteiger partial charge in [-0.3, -0.25) is 4.79 Å². The zero-order chi connectivity index (χ0) is 22.9. The Kier molecular flexibility index (Phi) is 4.34. The minimum absolute atomic E-state index is 0.103. The molecule has 4 nitrogen and oxygen atoms in total. The van der Waals surface area contributed by atoms with Crippen LogP contribution in [0.1, 0.15) is 66.3 Å². The Morgan fingerprint density at radius 2 is 1.82 bits per heavy atom. The van der Waals surface area contributed by atoms with Gasteiger partial charge in [0.1, 0.15) is 0 Å². The number of carbonyl (C=O) groups excluding carboxylic acids is 1. The van der Waals surface area contributed by atoms with Gasteiger partial charge in [0.15, 0.2) is 5.82 Å². The first kappa shape index (κ1) is 20.4. The number of rotatable bonds is 4. The highest BCUT2D eigenvalue weighted by atomic mass is 16.1. The van der Waals surface area contributed by atoms with Crippen LogP contribution in [-0.2, 0) is 19.3 Å². The molecule has 2 aromatic carbocycles. The standard InChI is InChI=1S/C30H31N3O/c1-19-13-20-15-29(14-19)18-30(29,16-20)17-25-27(33-28(34)22-8-3-2-4-9-22)32-24-12-11-21-7-5-6-10-23(21)26(24)31-25/h2-10,19-20H,11-18H2,1H3,(H,32,33,34). The number of aromatic nitrogens is 2. The van der Waals surface area contributed by atoms with Crippen LogP contribution in [-0.4, -0.2) is 15.9 Å². The predicted octanol–water partition coefficient (Wildman–Crippen LogP) is 6.25. The van der Waals surface area contributed by atoms with E-state index in [4.69, 9.17) is 9.97 Å². The van der Waals surface area contributed by atoms with E-state index in [1.54, 1.807) is 0 Å². The van der Waals surface area contributed by atoms with E-state index >= 15 is 0 Å². The van der Waals surface area contributed by atoms with Crippen molar-refractivity contribution in [2.24, 2.45) is 22.7 Å². The molecule has 0 saturated heterocycles. The molecule has 1 aromatic heterocycles. The maximum Gasteiger partial charge on any atom is 0.256 e. The van der Waals surface area contributed by atoms with Gasteiger partial charge in [-0.15, -0.1) is 0 Å². The molecule has 3 aromatic rings. The minimum Gasteiger partial charge on any atom is -0.305 e. The summed E-state index contributed by atoms with van der Waals surface area (Å²) in [4.78, 5) is 23.5. The second kappa shape index (κ2) is 7.24. The van der Waals surface area contributed by atoms with Gasteiger partial charge in [0, 0.05) is 11.1 Å². The molecule has 4 aliphatic carbocycles. The Balaban J connectivity index is 1.29. The summed E-state index contributed by atoms with van der Waals surface area (Å²) in [6.07, 6.45) is 9.54. The van der Waals surface area contributed by atoms with Crippen molar-refractivity contribution in [1.82, 2.24) is 9.97 Å². The van der Waals surface area contributed by atoms with E-state index in [2.05, 4.69) is 36.5 Å². The first-order valence-corrected chi connectivity index (χ1v) is 12.9. The summed E-state index contributed by atoms with van der Waals surface area (Å²) < 4.78 is 0. The highest BCUT2D eigenvalue weighted by molar-refractivity contribution is 6.04. The molecule has 3 saturated carbocycles. The molecule has 0 radical (unpaired) electrons. The van der Waals surface area contributed by atoms with Crippen LogP contribution in [0.15, 0.2) is 54.6 Å². The summed E-state index contributed by atoms with van der Waals surface area (Å²) in [5, 5.41) is 3.16. The average molecular weight is 450 g/mol. The van der Waals surface area contributed by atoms with Gasteiger partial charge >= 0.3 is 0 Å². The third-order valence-corrected chi connectivity index (χ3v) is 9.23. The molecule has 3 fully saturated rings. The molecule has 1 N–H and O–H groups in total. The Morgan fingerprint density at radius 1 is 1.00 bits per heavy atom. The molecule has 1 heterocycles. The highest BCUT2D eigenvalue weighted by Crippen LogP contribution is 2.80. The second-order valence-electron chi connectivity index (χ2n) is 11.5. The summed E-state index contributed by atoms with van der Waals surface area (Å²) >= 11 is 0. The van der Waals surface area contributed by atoms with E-state index in [0.717, 1.165) is 48.2 Å². The number of aryl methyl sites for hydroxylation is 2. The van der Waals surface area contributed by atoms with Crippen molar-refractivity contribution >= 4 is 11.7 Å². The Morgan fingerprint density at radius 3 is 2.71 bits per heavy atom. The van der Waals surface area contributed by atoms with Crippen molar-refractivity contribution < 1.29 is 4.79 Å². The van der Waals surface area contributed by atoms with Crippen LogP contribution < -0.4 is 5.32 Å². The highest BCUT2D eigenvalue weighted by Gasteiger charge is 2.72. The molecule has 1 amide bonds. The lowest BCUT2D eigenvalue weighted by Gasteiger charge is -2.28. The number of nitrogens with one attached hydrogen (secondary N) is 1. The van der Waals surface area contributed by atoms with E-state index in [0.29, 0.717) is 22.2 Å². The van der Waals surface area contributed by atoms with Crippen molar-refractivity contribution in [3.63, 3.8) is 0 Å². The summed E-state index contributed by atoms with van der Waals surface area (Å²) in [6, 6.07) is 18.0. The topological polar surface area (TPSA) is 54.9 Å². The fourth-order valence-corrected chi connectivity index (χ4v) is 7.97. The second-order valence-corrected chi connectivity index (χ2v) is 11.5. The summed E-state index contributed by atoms with van der Waals surface area (Å²) in [7, 11) is 0. The van der Waals surface area contributed by atoms with E-state index in [1.807, 2.05) is 30.3 Å². The van der Waals surface area contributed by atoms with Crippen LogP contribution >= 0.6 is 0 Å². The Labute approximate surface area is 201 Å². The molecular weight excluding hydrogens is 418 g/mol. The van der Waals surface area contributed by atoms with Gasteiger partial charge in [-0.2, -0.15) is 0 Å². The predicted molar refractivity (Wildman–Crippen MR) is 134 cm³/mol. The van der Waals surface area contributed by atoms with Gasteiger partial charge in [0.2, 0.25) is 0 Å². The number of anilines is 1. The lowest BCUT2D eigenvalue weighted by molar-refractivity contribution is 0.102. The average Bonchev–Trinajstić information content (AvgIpc) is 3.33. The van der Waals surface area contributed by atoms with E-state index in [9.17, 15) is 4.79 Å². The van der Waals surface area contributed by atoms with Gasteiger partial charge in [-0.1, -0.05) is 49.4 Å². The largest absolute Gasteiger partial charge is 0.305 e. The van der Waals surface area contributed by atoms with Gasteiger partial charge in [0.05, 0.1) is 17.1 Å². The fourth-order valence-electron chi connectivity index (χ4n) is 7.97. The summed E-state index contributed by atoms with van der Waals surface area (Å²) in [5.74, 6) is 2.28. The molecule has 4 heteroatoms. The van der Waals surface area contributed by atoms with Crippen LogP contribution in [0.3, 0.4) is 0 Å². The number of nitrogens with zero attached hydrogens (tertiary/aromatic N) is 2. The van der Waals surface area contributed by atoms with Crippen LogP contribution in [0.25, 0.3) is 11.3 Å². The maximum atomic E-state index is 13.1. The van der Waals surface area contributed by atoms with Crippen LogP contribution in [0.4, 0.5) is 5.82 Å². The van der Waals surface area contributed by atoms with Gasteiger partial charge < -0.3 is 5.32 Å². The summed E-state index contributed by atoms with van der Waals surface area (Å²) in [5.41, 5.74) is 7.09. The molecule has 34 heavy (non-hydrogen) atoms. The third kappa shape index (κ3) is 3.07. The van der Waals surface area contributed by atoms with Crippen molar-refractivity contribution in [3.8, 4) is 11.3 Å². The third-order valence-electron chi connectivity index (χ3n) is 9.23. The first-order chi connectivity index (χ1) is 16.5.